The van der Waals surface area contributed by atoms with E-state index in [1.807, 2.05) is 13.8 Å². The van der Waals surface area contributed by atoms with E-state index in [1.54, 1.807) is 0 Å². The summed E-state index contributed by atoms with van der Waals surface area (Å²) >= 11 is 0. The highest BCUT2D eigenvalue weighted by molar-refractivity contribution is 4.94. The Morgan fingerprint density at radius 2 is 1.56 bits per heavy atom. The van der Waals surface area contributed by atoms with Crippen molar-refractivity contribution in [3.63, 3.8) is 0 Å². The Kier molecular flexibility index (Phi) is 5.25. The van der Waals surface area contributed by atoms with Crippen LogP contribution in [0.5, 0.6) is 0 Å². The molecule has 2 aliphatic rings. The molecule has 18 heavy (non-hydrogen) atoms. The minimum absolute atomic E-state index is 0.480. The summed E-state index contributed by atoms with van der Waals surface area (Å²) < 4.78 is 0. The molecule has 0 amide bonds. The molecule has 108 valence electrons. The van der Waals surface area contributed by atoms with Crippen LogP contribution in [0.3, 0.4) is 0 Å². The zero-order valence-electron chi connectivity index (χ0n) is 13.7. The Labute approximate surface area is 115 Å². The maximum atomic E-state index is 2.74. The lowest BCUT2D eigenvalue weighted by Crippen LogP contribution is -2.53. The third kappa shape index (κ3) is 4.24. The summed E-state index contributed by atoms with van der Waals surface area (Å²) in [5, 5.41) is 0. The standard InChI is InChI=1S/C14H28N2.C2H6/c1-13(2)8-12-9-15(5)6-7-16(12)11-14(3,4)10-13;1-2/h12H,6-11H2,1-5H3;1-2H3. The van der Waals surface area contributed by atoms with Crippen molar-refractivity contribution in [2.24, 2.45) is 10.8 Å². The molecule has 2 fully saturated rings. The van der Waals surface area contributed by atoms with Gasteiger partial charge in [-0.1, -0.05) is 41.5 Å². The summed E-state index contributed by atoms with van der Waals surface area (Å²) in [6, 6.07) is 0.788. The van der Waals surface area contributed by atoms with Crippen molar-refractivity contribution in [3.8, 4) is 0 Å². The Morgan fingerprint density at radius 1 is 0.944 bits per heavy atom. The van der Waals surface area contributed by atoms with Gasteiger partial charge in [0, 0.05) is 32.2 Å². The van der Waals surface area contributed by atoms with E-state index in [1.165, 1.54) is 39.0 Å². The largest absolute Gasteiger partial charge is 0.304 e. The Bertz CT molecular complexity index is 258. The average molecular weight is 254 g/mol. The van der Waals surface area contributed by atoms with Crippen LogP contribution >= 0.6 is 0 Å². The zero-order valence-corrected chi connectivity index (χ0v) is 13.7. The van der Waals surface area contributed by atoms with E-state index in [9.17, 15) is 0 Å². The van der Waals surface area contributed by atoms with E-state index in [2.05, 4.69) is 44.5 Å². The van der Waals surface area contributed by atoms with E-state index >= 15 is 0 Å². The number of likely N-dealkylation sites (N-methyl/N-ethyl adjacent to an activating group) is 1. The summed E-state index contributed by atoms with van der Waals surface area (Å²) in [7, 11) is 2.26. The van der Waals surface area contributed by atoms with Gasteiger partial charge < -0.3 is 4.90 Å². The van der Waals surface area contributed by atoms with Gasteiger partial charge in [-0.2, -0.15) is 0 Å². The highest BCUT2D eigenvalue weighted by atomic mass is 15.3. The molecular weight excluding hydrogens is 220 g/mol. The van der Waals surface area contributed by atoms with Crippen LogP contribution in [0, 0.1) is 10.8 Å². The monoisotopic (exact) mass is 254 g/mol. The first-order chi connectivity index (χ1) is 8.27. The van der Waals surface area contributed by atoms with Crippen molar-refractivity contribution in [3.05, 3.63) is 0 Å². The van der Waals surface area contributed by atoms with Crippen LogP contribution in [0.15, 0.2) is 0 Å². The molecule has 2 aliphatic heterocycles. The first-order valence-electron chi connectivity index (χ1n) is 7.70. The first kappa shape index (κ1) is 16.0. The highest BCUT2D eigenvalue weighted by Gasteiger charge is 2.40. The van der Waals surface area contributed by atoms with E-state index in [4.69, 9.17) is 0 Å². The molecule has 0 radical (unpaired) electrons. The van der Waals surface area contributed by atoms with Gasteiger partial charge in [0.1, 0.15) is 0 Å². The lowest BCUT2D eigenvalue weighted by atomic mass is 9.74. The van der Waals surface area contributed by atoms with Crippen molar-refractivity contribution < 1.29 is 0 Å². The van der Waals surface area contributed by atoms with Crippen molar-refractivity contribution in [2.75, 3.05) is 33.2 Å². The smallest absolute Gasteiger partial charge is 0.0228 e. The number of fused-ring (bicyclic) bond motifs is 1. The molecule has 0 aromatic heterocycles. The molecule has 0 saturated carbocycles. The predicted octanol–water partition coefficient (Wildman–Crippen LogP) is 3.47. The van der Waals surface area contributed by atoms with Gasteiger partial charge in [-0.05, 0) is 30.7 Å². The average Bonchev–Trinajstić information content (AvgIpc) is 2.31. The molecule has 0 aromatic rings. The third-order valence-corrected chi connectivity index (χ3v) is 4.18. The van der Waals surface area contributed by atoms with Crippen LogP contribution < -0.4 is 0 Å². The summed E-state index contributed by atoms with van der Waals surface area (Å²) in [5.41, 5.74) is 0.981. The molecule has 0 N–H and O–H groups in total. The second-order valence-electron chi connectivity index (χ2n) is 7.60. The van der Waals surface area contributed by atoms with Crippen LogP contribution in [0.1, 0.15) is 54.4 Å². The molecule has 0 bridgehead atoms. The lowest BCUT2D eigenvalue weighted by molar-refractivity contribution is 0.0665. The fraction of sp³-hybridized carbons (Fsp3) is 1.00. The van der Waals surface area contributed by atoms with Crippen LogP contribution in [0.2, 0.25) is 0 Å². The number of rotatable bonds is 0. The van der Waals surface area contributed by atoms with Gasteiger partial charge in [0.25, 0.3) is 0 Å². The molecule has 0 aliphatic carbocycles. The topological polar surface area (TPSA) is 6.48 Å². The molecule has 2 saturated heterocycles. The number of hydrogen-bond acceptors (Lipinski definition) is 2. The van der Waals surface area contributed by atoms with Crippen molar-refractivity contribution in [2.45, 2.75) is 60.4 Å². The third-order valence-electron chi connectivity index (χ3n) is 4.18. The number of piperazine rings is 1. The molecular formula is C16H34N2. The van der Waals surface area contributed by atoms with Gasteiger partial charge in [-0.3, -0.25) is 4.90 Å². The van der Waals surface area contributed by atoms with E-state index in [0.717, 1.165) is 6.04 Å². The van der Waals surface area contributed by atoms with Gasteiger partial charge >= 0.3 is 0 Å². The molecule has 0 spiro atoms. The molecule has 0 aromatic carbocycles. The van der Waals surface area contributed by atoms with Crippen LogP contribution in [0.4, 0.5) is 0 Å². The fourth-order valence-electron chi connectivity index (χ4n) is 4.06. The molecule has 1 unspecified atom stereocenters. The first-order valence-corrected chi connectivity index (χ1v) is 7.70. The maximum Gasteiger partial charge on any atom is 0.0228 e. The van der Waals surface area contributed by atoms with Gasteiger partial charge in [-0.25, -0.2) is 0 Å². The van der Waals surface area contributed by atoms with Gasteiger partial charge in [0.2, 0.25) is 0 Å². The molecule has 2 nitrogen and oxygen atoms in total. The van der Waals surface area contributed by atoms with Gasteiger partial charge in [0.05, 0.1) is 0 Å². The minimum atomic E-state index is 0.480. The normalized spacial score (nSPS) is 31.8. The minimum Gasteiger partial charge on any atom is -0.304 e. The Hall–Kier alpha value is -0.0800. The zero-order chi connectivity index (χ0) is 14.0. The van der Waals surface area contributed by atoms with Crippen LogP contribution in [0.25, 0.3) is 0 Å². The summed E-state index contributed by atoms with van der Waals surface area (Å²) in [4.78, 5) is 5.24. The van der Waals surface area contributed by atoms with Crippen molar-refractivity contribution in [1.82, 2.24) is 9.80 Å². The Balaban J connectivity index is 0.000000771. The molecule has 2 rings (SSSR count). The molecule has 1 atom stereocenters. The number of hydrogen-bond donors (Lipinski definition) is 0. The molecule has 2 heterocycles. The fourth-order valence-corrected chi connectivity index (χ4v) is 4.06. The van der Waals surface area contributed by atoms with E-state index in [0.29, 0.717) is 10.8 Å². The summed E-state index contributed by atoms with van der Waals surface area (Å²) in [6.07, 6.45) is 2.72. The second-order valence-corrected chi connectivity index (χ2v) is 7.60. The van der Waals surface area contributed by atoms with E-state index in [-0.39, 0.29) is 0 Å². The summed E-state index contributed by atoms with van der Waals surface area (Å²) in [6.45, 7) is 18.8. The van der Waals surface area contributed by atoms with Crippen LogP contribution in [-0.2, 0) is 0 Å². The van der Waals surface area contributed by atoms with Crippen LogP contribution in [-0.4, -0.2) is 49.1 Å². The highest BCUT2D eigenvalue weighted by Crippen LogP contribution is 2.42. The van der Waals surface area contributed by atoms with Gasteiger partial charge in [0.15, 0.2) is 0 Å². The quantitative estimate of drug-likeness (QED) is 0.653. The molecule has 2 heteroatoms. The van der Waals surface area contributed by atoms with Crippen molar-refractivity contribution >= 4 is 0 Å². The Morgan fingerprint density at radius 3 is 2.17 bits per heavy atom. The maximum absolute atomic E-state index is 2.74. The summed E-state index contributed by atoms with van der Waals surface area (Å²) in [5.74, 6) is 0. The second kappa shape index (κ2) is 5.92. The SMILES string of the molecule is CC.CN1CCN2CC(C)(C)CC(C)(C)CC2C1. The lowest BCUT2D eigenvalue weighted by Gasteiger charge is -2.41. The number of nitrogens with zero attached hydrogens (tertiary/aromatic N) is 2. The predicted molar refractivity (Wildman–Crippen MR) is 81.0 cm³/mol. The van der Waals surface area contributed by atoms with Crippen molar-refractivity contribution in [1.29, 1.82) is 0 Å². The van der Waals surface area contributed by atoms with E-state index < -0.39 is 0 Å². The van der Waals surface area contributed by atoms with Gasteiger partial charge in [-0.15, -0.1) is 0 Å².